The Morgan fingerprint density at radius 3 is 2.44 bits per heavy atom. The van der Waals surface area contributed by atoms with Gasteiger partial charge in [-0.25, -0.2) is 0 Å². The third kappa shape index (κ3) is 3.59. The molecule has 1 aliphatic carbocycles. The van der Waals surface area contributed by atoms with Crippen LogP contribution in [0.2, 0.25) is 0 Å². The summed E-state index contributed by atoms with van der Waals surface area (Å²) >= 11 is 0. The van der Waals surface area contributed by atoms with Gasteiger partial charge in [0.05, 0.1) is 6.61 Å². The standard InChI is InChI=1S/C12H20O4/c1-4-16-11(14)12(2,3)10(13)8-15-7-9-5-6-9/h9H,4-8H2,1-3H3. The molecule has 0 saturated heterocycles. The van der Waals surface area contributed by atoms with E-state index in [0.29, 0.717) is 19.1 Å². The van der Waals surface area contributed by atoms with Crippen LogP contribution < -0.4 is 0 Å². The normalized spacial score (nSPS) is 15.9. The zero-order chi connectivity index (χ0) is 12.2. The Kier molecular flexibility index (Phi) is 4.47. The molecule has 0 bridgehead atoms. The molecule has 1 fully saturated rings. The van der Waals surface area contributed by atoms with Gasteiger partial charge < -0.3 is 9.47 Å². The fourth-order valence-electron chi connectivity index (χ4n) is 1.21. The number of Topliss-reactive ketones (excluding diaryl/α,β-unsaturated/α-hetero) is 1. The highest BCUT2D eigenvalue weighted by Crippen LogP contribution is 2.29. The number of hydrogen-bond donors (Lipinski definition) is 0. The molecule has 0 spiro atoms. The van der Waals surface area contributed by atoms with Crippen LogP contribution in [0, 0.1) is 11.3 Å². The van der Waals surface area contributed by atoms with Crippen LogP contribution in [0.25, 0.3) is 0 Å². The minimum absolute atomic E-state index is 0.00230. The highest BCUT2D eigenvalue weighted by molar-refractivity contribution is 6.03. The number of rotatable bonds is 7. The first-order valence-electron chi connectivity index (χ1n) is 5.76. The van der Waals surface area contributed by atoms with Crippen molar-refractivity contribution in [3.8, 4) is 0 Å². The van der Waals surface area contributed by atoms with Gasteiger partial charge in [-0.1, -0.05) is 0 Å². The van der Waals surface area contributed by atoms with Crippen molar-refractivity contribution in [1.82, 2.24) is 0 Å². The van der Waals surface area contributed by atoms with Crippen LogP contribution in [0.4, 0.5) is 0 Å². The van der Waals surface area contributed by atoms with Crippen LogP contribution in [0.3, 0.4) is 0 Å². The van der Waals surface area contributed by atoms with Crippen molar-refractivity contribution in [2.45, 2.75) is 33.6 Å². The lowest BCUT2D eigenvalue weighted by Gasteiger charge is -2.20. The summed E-state index contributed by atoms with van der Waals surface area (Å²) in [7, 11) is 0. The van der Waals surface area contributed by atoms with Gasteiger partial charge in [0.1, 0.15) is 12.0 Å². The van der Waals surface area contributed by atoms with Crippen LogP contribution in [0.5, 0.6) is 0 Å². The zero-order valence-electron chi connectivity index (χ0n) is 10.2. The van der Waals surface area contributed by atoms with Gasteiger partial charge >= 0.3 is 5.97 Å². The Bertz CT molecular complexity index is 266. The Morgan fingerprint density at radius 2 is 1.94 bits per heavy atom. The van der Waals surface area contributed by atoms with Crippen molar-refractivity contribution in [2.24, 2.45) is 11.3 Å². The lowest BCUT2D eigenvalue weighted by molar-refractivity contribution is -0.159. The fraction of sp³-hybridized carbons (Fsp3) is 0.833. The molecule has 1 saturated carbocycles. The van der Waals surface area contributed by atoms with Gasteiger partial charge in [0.25, 0.3) is 0 Å². The largest absolute Gasteiger partial charge is 0.465 e. The summed E-state index contributed by atoms with van der Waals surface area (Å²) in [4.78, 5) is 23.3. The van der Waals surface area contributed by atoms with Gasteiger partial charge in [-0.15, -0.1) is 0 Å². The molecular weight excluding hydrogens is 208 g/mol. The fourth-order valence-corrected chi connectivity index (χ4v) is 1.21. The summed E-state index contributed by atoms with van der Waals surface area (Å²) < 4.78 is 10.1. The summed E-state index contributed by atoms with van der Waals surface area (Å²) in [5.41, 5.74) is -1.10. The Morgan fingerprint density at radius 1 is 1.31 bits per heavy atom. The lowest BCUT2D eigenvalue weighted by Crippen LogP contribution is -2.37. The second-order valence-electron chi connectivity index (χ2n) is 4.73. The van der Waals surface area contributed by atoms with E-state index in [1.54, 1.807) is 20.8 Å². The van der Waals surface area contributed by atoms with Crippen molar-refractivity contribution in [2.75, 3.05) is 19.8 Å². The molecule has 4 nitrogen and oxygen atoms in total. The molecule has 4 heteroatoms. The predicted molar refractivity (Wildman–Crippen MR) is 59.0 cm³/mol. The van der Waals surface area contributed by atoms with E-state index >= 15 is 0 Å². The first-order valence-corrected chi connectivity index (χ1v) is 5.76. The molecule has 0 unspecified atom stereocenters. The zero-order valence-corrected chi connectivity index (χ0v) is 10.2. The highest BCUT2D eigenvalue weighted by atomic mass is 16.5. The molecule has 0 heterocycles. The van der Waals surface area contributed by atoms with Crippen LogP contribution in [0.15, 0.2) is 0 Å². The number of ketones is 1. The first kappa shape index (κ1) is 13.2. The molecule has 0 atom stereocenters. The number of esters is 1. The summed E-state index contributed by atoms with van der Waals surface area (Å²) in [5.74, 6) is -0.0693. The Balaban J connectivity index is 2.33. The SMILES string of the molecule is CCOC(=O)C(C)(C)C(=O)COCC1CC1. The smallest absolute Gasteiger partial charge is 0.319 e. The summed E-state index contributed by atoms with van der Waals surface area (Å²) in [6.45, 7) is 5.80. The lowest BCUT2D eigenvalue weighted by atomic mass is 9.88. The van der Waals surface area contributed by atoms with E-state index in [4.69, 9.17) is 9.47 Å². The number of carbonyl (C=O) groups is 2. The molecule has 0 radical (unpaired) electrons. The van der Waals surface area contributed by atoms with Crippen LogP contribution in [-0.2, 0) is 19.1 Å². The van der Waals surface area contributed by atoms with E-state index in [-0.39, 0.29) is 12.4 Å². The van der Waals surface area contributed by atoms with Crippen molar-refractivity contribution in [3.05, 3.63) is 0 Å². The summed E-state index contributed by atoms with van der Waals surface area (Å²) in [6, 6.07) is 0. The van der Waals surface area contributed by atoms with Gasteiger partial charge in [-0.3, -0.25) is 9.59 Å². The number of ether oxygens (including phenoxy) is 2. The molecule has 0 aromatic heterocycles. The second-order valence-corrected chi connectivity index (χ2v) is 4.73. The molecule has 0 N–H and O–H groups in total. The van der Waals surface area contributed by atoms with Crippen molar-refractivity contribution in [3.63, 3.8) is 0 Å². The Labute approximate surface area is 96.3 Å². The summed E-state index contributed by atoms with van der Waals surface area (Å²) in [5, 5.41) is 0. The number of carbonyl (C=O) groups excluding carboxylic acids is 2. The van der Waals surface area contributed by atoms with E-state index < -0.39 is 11.4 Å². The van der Waals surface area contributed by atoms with Crippen LogP contribution in [-0.4, -0.2) is 31.6 Å². The minimum atomic E-state index is -1.10. The average molecular weight is 228 g/mol. The molecular formula is C12H20O4. The molecule has 0 aliphatic heterocycles. The molecule has 92 valence electrons. The molecule has 0 aromatic rings. The number of hydrogen-bond acceptors (Lipinski definition) is 4. The van der Waals surface area contributed by atoms with Gasteiger partial charge in [0, 0.05) is 6.61 Å². The quantitative estimate of drug-likeness (QED) is 0.490. The average Bonchev–Trinajstić information content (AvgIpc) is 3.01. The maximum absolute atomic E-state index is 11.8. The molecule has 1 aliphatic rings. The van der Waals surface area contributed by atoms with Gasteiger partial charge in [-0.05, 0) is 39.5 Å². The van der Waals surface area contributed by atoms with Crippen molar-refractivity contribution < 1.29 is 19.1 Å². The van der Waals surface area contributed by atoms with E-state index in [1.807, 2.05) is 0 Å². The van der Waals surface area contributed by atoms with Crippen molar-refractivity contribution in [1.29, 1.82) is 0 Å². The second kappa shape index (κ2) is 5.43. The molecule has 0 aromatic carbocycles. The third-order valence-corrected chi connectivity index (χ3v) is 2.77. The monoisotopic (exact) mass is 228 g/mol. The van der Waals surface area contributed by atoms with Gasteiger partial charge in [-0.2, -0.15) is 0 Å². The topological polar surface area (TPSA) is 52.6 Å². The van der Waals surface area contributed by atoms with Gasteiger partial charge in [0.2, 0.25) is 0 Å². The van der Waals surface area contributed by atoms with E-state index in [2.05, 4.69) is 0 Å². The third-order valence-electron chi connectivity index (χ3n) is 2.77. The van der Waals surface area contributed by atoms with Crippen LogP contribution >= 0.6 is 0 Å². The first-order chi connectivity index (χ1) is 7.48. The highest BCUT2D eigenvalue weighted by Gasteiger charge is 2.37. The maximum atomic E-state index is 11.8. The van der Waals surface area contributed by atoms with E-state index in [9.17, 15) is 9.59 Å². The van der Waals surface area contributed by atoms with Crippen LogP contribution in [0.1, 0.15) is 33.6 Å². The van der Waals surface area contributed by atoms with Crippen molar-refractivity contribution >= 4 is 11.8 Å². The maximum Gasteiger partial charge on any atom is 0.319 e. The summed E-state index contributed by atoms with van der Waals surface area (Å²) in [6.07, 6.45) is 2.38. The van der Waals surface area contributed by atoms with E-state index in [1.165, 1.54) is 12.8 Å². The minimum Gasteiger partial charge on any atom is -0.465 e. The molecule has 16 heavy (non-hydrogen) atoms. The molecule has 0 amide bonds. The Hall–Kier alpha value is -0.900. The van der Waals surface area contributed by atoms with Gasteiger partial charge in [0.15, 0.2) is 5.78 Å². The predicted octanol–water partition coefficient (Wildman–Crippen LogP) is 1.57. The van der Waals surface area contributed by atoms with E-state index in [0.717, 1.165) is 0 Å². The molecule has 1 rings (SSSR count).